The summed E-state index contributed by atoms with van der Waals surface area (Å²) in [6.07, 6.45) is -1.50. The van der Waals surface area contributed by atoms with Gasteiger partial charge in [0, 0.05) is 13.1 Å². The van der Waals surface area contributed by atoms with Crippen LogP contribution in [0.4, 0.5) is 0 Å². The number of hydrogen-bond donors (Lipinski definition) is 14. The third kappa shape index (κ3) is 17.8. The normalized spacial score (nSPS) is 16.5. The van der Waals surface area contributed by atoms with Crippen LogP contribution >= 0.6 is 0 Å². The first kappa shape index (κ1) is 49.9. The Kier molecular flexibility index (Phi) is 21.6. The van der Waals surface area contributed by atoms with Gasteiger partial charge in [-0.05, 0) is 51.5 Å². The van der Waals surface area contributed by atoms with Gasteiger partial charge in [0.2, 0.25) is 47.3 Å². The summed E-state index contributed by atoms with van der Waals surface area (Å²) in [5, 5.41) is 38.9. The highest BCUT2D eigenvalue weighted by molar-refractivity contribution is 5.99. The van der Waals surface area contributed by atoms with E-state index in [1.165, 1.54) is 0 Å². The second-order valence-electron chi connectivity index (χ2n) is 13.3. The second kappa shape index (κ2) is 25.2. The van der Waals surface area contributed by atoms with Crippen LogP contribution in [0, 0.1) is 0 Å². The first-order valence-electron chi connectivity index (χ1n) is 18.2. The number of nitrogens with two attached hydrogens (primary N) is 6. The van der Waals surface area contributed by atoms with Crippen LogP contribution in [-0.2, 0) is 47.9 Å². The van der Waals surface area contributed by atoms with E-state index in [-0.39, 0.29) is 57.7 Å². The van der Waals surface area contributed by atoms with Crippen LogP contribution in [0.5, 0.6) is 0 Å². The van der Waals surface area contributed by atoms with Crippen molar-refractivity contribution in [2.75, 3.05) is 26.2 Å². The summed E-state index contributed by atoms with van der Waals surface area (Å²) in [5.41, 5.74) is 32.5. The summed E-state index contributed by atoms with van der Waals surface area (Å²) >= 11 is 0. The molecule has 0 radical (unpaired) electrons. The van der Waals surface area contributed by atoms with Crippen LogP contribution in [0.15, 0.2) is 4.99 Å². The van der Waals surface area contributed by atoms with Crippen LogP contribution in [0.1, 0.15) is 64.2 Å². The number of nitrogens with one attached hydrogen (secondary N) is 5. The van der Waals surface area contributed by atoms with Crippen LogP contribution in [0.2, 0.25) is 0 Å². The molecule has 7 atom stereocenters. The zero-order chi connectivity index (χ0) is 44.1. The van der Waals surface area contributed by atoms with Crippen LogP contribution < -0.4 is 61.0 Å². The number of hydrogen-bond acceptors (Lipinski definition) is 14. The number of primary amides is 2. The minimum Gasteiger partial charge on any atom is -0.481 e. The number of carboxylic acid groups (broad SMARTS) is 2. The molecule has 0 saturated carbocycles. The van der Waals surface area contributed by atoms with Crippen molar-refractivity contribution in [3.63, 3.8) is 0 Å². The van der Waals surface area contributed by atoms with Crippen LogP contribution in [0.3, 0.4) is 0 Å². The van der Waals surface area contributed by atoms with Crippen molar-refractivity contribution >= 4 is 65.2 Å². The maximum atomic E-state index is 14.0. The van der Waals surface area contributed by atoms with E-state index in [2.05, 4.69) is 31.6 Å². The summed E-state index contributed by atoms with van der Waals surface area (Å²) in [4.78, 5) is 131. The van der Waals surface area contributed by atoms with Gasteiger partial charge in [0.05, 0.1) is 31.9 Å². The largest absolute Gasteiger partial charge is 0.481 e. The quantitative estimate of drug-likeness (QED) is 0.0208. The number of nitrogens with zero attached hydrogens (tertiary/aromatic N) is 2. The molecule has 0 aromatic carbocycles. The molecule has 0 bridgehead atoms. The molecule has 1 fully saturated rings. The Labute approximate surface area is 331 Å². The van der Waals surface area contributed by atoms with Gasteiger partial charge in [0.25, 0.3) is 0 Å². The van der Waals surface area contributed by atoms with E-state index < -0.39 is 127 Å². The Morgan fingerprint density at radius 1 is 0.672 bits per heavy atom. The lowest BCUT2D eigenvalue weighted by Crippen LogP contribution is -2.60. The lowest BCUT2D eigenvalue weighted by molar-refractivity contribution is -0.145. The van der Waals surface area contributed by atoms with Crippen LogP contribution in [-0.4, -0.2) is 154 Å². The highest BCUT2D eigenvalue weighted by Gasteiger charge is 2.40. The summed E-state index contributed by atoms with van der Waals surface area (Å²) in [6, 6.07) is -10.9. The Morgan fingerprint density at radius 2 is 1.19 bits per heavy atom. The lowest BCUT2D eigenvalue weighted by Gasteiger charge is -2.30. The number of carbonyl (C=O) groups is 10. The van der Waals surface area contributed by atoms with Gasteiger partial charge >= 0.3 is 11.9 Å². The topological polar surface area (TPSA) is 463 Å². The second-order valence-corrected chi connectivity index (χ2v) is 13.3. The lowest BCUT2D eigenvalue weighted by atomic mass is 10.0. The Hall–Kier alpha value is -6.15. The van der Waals surface area contributed by atoms with Gasteiger partial charge in [-0.15, -0.1) is 0 Å². The summed E-state index contributed by atoms with van der Waals surface area (Å²) in [5.74, 6) is -11.5. The monoisotopic (exact) mass is 829 g/mol. The molecule has 0 aromatic heterocycles. The molecular weight excluding hydrogens is 774 g/mol. The number of amides is 8. The molecule has 8 amide bonds. The van der Waals surface area contributed by atoms with Gasteiger partial charge in [-0.2, -0.15) is 0 Å². The van der Waals surface area contributed by atoms with Gasteiger partial charge in [-0.3, -0.25) is 48.1 Å². The summed E-state index contributed by atoms with van der Waals surface area (Å²) in [7, 11) is 0. The first-order chi connectivity index (χ1) is 27.2. The molecular formula is C32H55N13O13. The molecule has 0 unspecified atom stereocenters. The van der Waals surface area contributed by atoms with E-state index in [0.29, 0.717) is 12.8 Å². The minimum absolute atomic E-state index is 0.0244. The van der Waals surface area contributed by atoms with E-state index in [0.717, 1.165) is 4.90 Å². The van der Waals surface area contributed by atoms with E-state index in [9.17, 15) is 58.2 Å². The van der Waals surface area contributed by atoms with Crippen molar-refractivity contribution in [2.45, 2.75) is 107 Å². The van der Waals surface area contributed by atoms with E-state index in [4.69, 9.17) is 39.5 Å². The van der Waals surface area contributed by atoms with Gasteiger partial charge in [0.15, 0.2) is 5.96 Å². The van der Waals surface area contributed by atoms with Crippen molar-refractivity contribution < 1.29 is 63.3 Å². The highest BCUT2D eigenvalue weighted by atomic mass is 16.4. The molecule has 1 heterocycles. The van der Waals surface area contributed by atoms with E-state index in [1.807, 2.05) is 0 Å². The van der Waals surface area contributed by atoms with Gasteiger partial charge in [-0.25, -0.2) is 4.79 Å². The standard InChI is InChI=1S/C32H55N13O13/c33-8-2-1-5-16(40-27(53)19(13-23(36)48)43-28(54)18(12-22(35)47)42-25(51)15(34)11-24(49)50)26(52)41-17(6-3-9-39-32(37)38)30(56)45-10-4-7-21(45)29(55)44-20(14-46)31(57)58/h15-21,46H,1-14,33-34H2,(H2,35,47)(H2,36,48)(H,40,53)(H,41,52)(H,42,51)(H,43,54)(H,44,55)(H,49,50)(H,57,58)(H4,37,38,39)/t15-,16-,17-,18-,19-,20-,21-/m0/s1. The molecule has 0 spiro atoms. The number of carbonyl (C=O) groups excluding carboxylic acids is 8. The van der Waals surface area contributed by atoms with Crippen molar-refractivity contribution in [1.29, 1.82) is 0 Å². The third-order valence-electron chi connectivity index (χ3n) is 8.58. The zero-order valence-corrected chi connectivity index (χ0v) is 31.7. The minimum atomic E-state index is -1.82. The van der Waals surface area contributed by atoms with Crippen molar-refractivity contribution in [3.05, 3.63) is 0 Å². The van der Waals surface area contributed by atoms with Gasteiger partial charge in [-0.1, -0.05) is 0 Å². The highest BCUT2D eigenvalue weighted by Crippen LogP contribution is 2.20. The SMILES string of the molecule is NCCCC[C@H](NC(=O)[C@H](CC(N)=O)NC(=O)[C@H](CC(N)=O)NC(=O)[C@@H](N)CC(=O)O)C(=O)N[C@@H](CCCN=C(N)N)C(=O)N1CCC[C@H]1C(=O)N[C@@H](CO)C(=O)O. The number of guanidine groups is 1. The zero-order valence-electron chi connectivity index (χ0n) is 31.7. The fraction of sp³-hybridized carbons (Fsp3) is 0.656. The van der Waals surface area contributed by atoms with Gasteiger partial charge < -0.3 is 81.2 Å². The maximum Gasteiger partial charge on any atom is 0.328 e. The van der Waals surface area contributed by atoms with Crippen molar-refractivity contribution in [1.82, 2.24) is 31.5 Å². The number of rotatable bonds is 27. The van der Waals surface area contributed by atoms with Gasteiger partial charge in [0.1, 0.15) is 36.3 Å². The van der Waals surface area contributed by atoms with Crippen molar-refractivity contribution in [2.24, 2.45) is 39.4 Å². The molecule has 26 nitrogen and oxygen atoms in total. The third-order valence-corrected chi connectivity index (χ3v) is 8.58. The average Bonchev–Trinajstić information content (AvgIpc) is 3.63. The summed E-state index contributed by atoms with van der Waals surface area (Å²) in [6.45, 7) is -0.659. The molecule has 0 aliphatic carbocycles. The number of aliphatic carboxylic acids is 2. The molecule has 58 heavy (non-hydrogen) atoms. The Balaban J connectivity index is 3.40. The summed E-state index contributed by atoms with van der Waals surface area (Å²) < 4.78 is 0. The predicted molar refractivity (Wildman–Crippen MR) is 200 cm³/mol. The number of unbranched alkanes of at least 4 members (excludes halogenated alkanes) is 1. The number of aliphatic hydroxyl groups excluding tert-OH is 1. The van der Waals surface area contributed by atoms with Crippen molar-refractivity contribution in [3.8, 4) is 0 Å². The number of carboxylic acids is 2. The molecule has 1 aliphatic heterocycles. The molecule has 26 heteroatoms. The molecule has 1 rings (SSSR count). The number of aliphatic imine (C=N–C) groups is 1. The molecule has 1 saturated heterocycles. The maximum absolute atomic E-state index is 14.0. The number of aliphatic hydroxyl groups is 1. The molecule has 20 N–H and O–H groups in total. The predicted octanol–water partition coefficient (Wildman–Crippen LogP) is -7.79. The van der Waals surface area contributed by atoms with E-state index >= 15 is 0 Å². The van der Waals surface area contributed by atoms with Crippen LogP contribution in [0.25, 0.3) is 0 Å². The van der Waals surface area contributed by atoms with E-state index in [1.54, 1.807) is 0 Å². The average molecular weight is 830 g/mol. The Bertz CT molecular complexity index is 1540. The number of likely N-dealkylation sites (tertiary alicyclic amines) is 1. The fourth-order valence-corrected chi connectivity index (χ4v) is 5.68. The Morgan fingerprint density at radius 3 is 1.69 bits per heavy atom. The molecule has 326 valence electrons. The first-order valence-corrected chi connectivity index (χ1v) is 18.2. The molecule has 1 aliphatic rings. The molecule has 0 aromatic rings. The fourth-order valence-electron chi connectivity index (χ4n) is 5.68. The smallest absolute Gasteiger partial charge is 0.328 e.